The first kappa shape index (κ1) is 15.0. The zero-order valence-electron chi connectivity index (χ0n) is 10.1. The van der Waals surface area contributed by atoms with E-state index in [0.29, 0.717) is 10.0 Å². The molecule has 0 atom stereocenters. The van der Waals surface area contributed by atoms with Crippen molar-refractivity contribution in [3.63, 3.8) is 0 Å². The number of hydrogen-bond acceptors (Lipinski definition) is 2. The third-order valence-electron chi connectivity index (χ3n) is 2.58. The van der Waals surface area contributed by atoms with Gasteiger partial charge in [-0.3, -0.25) is 4.79 Å². The van der Waals surface area contributed by atoms with Gasteiger partial charge >= 0.3 is 5.97 Å². The molecule has 0 saturated heterocycles. The van der Waals surface area contributed by atoms with Crippen molar-refractivity contribution >= 4 is 56.1 Å². The molecule has 4 nitrogen and oxygen atoms in total. The molecule has 102 valence electrons. The molecule has 0 aliphatic carbocycles. The highest BCUT2D eigenvalue weighted by atomic mass is 127. The molecule has 1 amide bonds. The van der Waals surface area contributed by atoms with E-state index in [1.807, 2.05) is 6.07 Å². The quantitative estimate of drug-likeness (QED) is 0.701. The van der Waals surface area contributed by atoms with E-state index in [0.717, 1.165) is 3.57 Å². The van der Waals surface area contributed by atoms with Gasteiger partial charge in [0.05, 0.1) is 16.8 Å². The van der Waals surface area contributed by atoms with E-state index in [9.17, 15) is 9.59 Å². The van der Waals surface area contributed by atoms with Gasteiger partial charge in [0.2, 0.25) is 0 Å². The zero-order chi connectivity index (χ0) is 14.7. The molecule has 6 heteroatoms. The Morgan fingerprint density at radius 1 is 1.10 bits per heavy atom. The molecular weight excluding hydrogens is 437 g/mol. The predicted octanol–water partition coefficient (Wildman–Crippen LogP) is 4.00. The van der Waals surface area contributed by atoms with E-state index in [-0.39, 0.29) is 17.2 Å². The van der Waals surface area contributed by atoms with Crippen molar-refractivity contribution in [2.75, 3.05) is 5.32 Å². The average Bonchev–Trinajstić information content (AvgIpc) is 2.41. The molecule has 0 aliphatic rings. The minimum absolute atomic E-state index is 0.0580. The molecule has 0 aromatic heterocycles. The van der Waals surface area contributed by atoms with E-state index in [1.165, 1.54) is 6.07 Å². The highest BCUT2D eigenvalue weighted by Gasteiger charge is 2.15. The number of para-hydroxylation sites is 1. The number of carboxylic acids is 1. The van der Waals surface area contributed by atoms with Gasteiger partial charge in [0, 0.05) is 8.04 Å². The number of carbonyl (C=O) groups excluding carboxylic acids is 1. The fourth-order valence-electron chi connectivity index (χ4n) is 1.64. The Labute approximate surface area is 137 Å². The van der Waals surface area contributed by atoms with Crippen molar-refractivity contribution in [1.29, 1.82) is 0 Å². The number of benzene rings is 2. The molecule has 0 unspecified atom stereocenters. The number of carboxylic acid groups (broad SMARTS) is 1. The predicted molar refractivity (Wildman–Crippen MR) is 88.2 cm³/mol. The first-order valence-corrected chi connectivity index (χ1v) is 7.45. The highest BCUT2D eigenvalue weighted by molar-refractivity contribution is 14.1. The first-order chi connectivity index (χ1) is 9.49. The zero-order valence-corrected chi connectivity index (χ0v) is 13.8. The van der Waals surface area contributed by atoms with Gasteiger partial charge in [-0.05, 0) is 68.9 Å². The Bertz CT molecular complexity index is 688. The third kappa shape index (κ3) is 3.37. The van der Waals surface area contributed by atoms with E-state index in [2.05, 4.69) is 43.8 Å². The Morgan fingerprint density at radius 3 is 2.50 bits per heavy atom. The molecule has 20 heavy (non-hydrogen) atoms. The fourth-order valence-corrected chi connectivity index (χ4v) is 2.56. The summed E-state index contributed by atoms with van der Waals surface area (Å²) in [6, 6.07) is 11.7. The van der Waals surface area contributed by atoms with Crippen molar-refractivity contribution in [1.82, 2.24) is 0 Å². The molecular formula is C14H9BrINO3. The van der Waals surface area contributed by atoms with Crippen LogP contribution in [0.5, 0.6) is 0 Å². The van der Waals surface area contributed by atoms with Gasteiger partial charge in [-0.2, -0.15) is 0 Å². The van der Waals surface area contributed by atoms with E-state index in [1.54, 1.807) is 30.3 Å². The number of carbonyl (C=O) groups is 2. The van der Waals surface area contributed by atoms with E-state index >= 15 is 0 Å². The number of halogens is 2. The SMILES string of the molecule is O=C(Nc1ccccc1C(=O)O)c1cc(I)ccc1Br. The van der Waals surface area contributed by atoms with E-state index in [4.69, 9.17) is 5.11 Å². The van der Waals surface area contributed by atoms with Crippen LogP contribution in [0.3, 0.4) is 0 Å². The lowest BCUT2D eigenvalue weighted by atomic mass is 10.1. The van der Waals surface area contributed by atoms with Crippen molar-refractivity contribution in [3.05, 3.63) is 61.6 Å². The van der Waals surface area contributed by atoms with Crippen molar-refractivity contribution in [3.8, 4) is 0 Å². The van der Waals surface area contributed by atoms with Gasteiger partial charge in [0.25, 0.3) is 5.91 Å². The number of hydrogen-bond donors (Lipinski definition) is 2. The summed E-state index contributed by atoms with van der Waals surface area (Å²) in [6.07, 6.45) is 0. The molecule has 2 rings (SSSR count). The molecule has 0 fully saturated rings. The van der Waals surface area contributed by atoms with Gasteiger partial charge in [-0.15, -0.1) is 0 Å². The lowest BCUT2D eigenvalue weighted by molar-refractivity contribution is 0.0698. The minimum Gasteiger partial charge on any atom is -0.478 e. The fraction of sp³-hybridized carbons (Fsp3) is 0. The maximum absolute atomic E-state index is 12.2. The second-order valence-electron chi connectivity index (χ2n) is 3.93. The van der Waals surface area contributed by atoms with Gasteiger partial charge < -0.3 is 10.4 Å². The van der Waals surface area contributed by atoms with Crippen LogP contribution in [0.1, 0.15) is 20.7 Å². The molecule has 0 saturated carbocycles. The highest BCUT2D eigenvalue weighted by Crippen LogP contribution is 2.22. The van der Waals surface area contributed by atoms with Crippen LogP contribution >= 0.6 is 38.5 Å². The lowest BCUT2D eigenvalue weighted by Gasteiger charge is -2.09. The van der Waals surface area contributed by atoms with Gasteiger partial charge in [0.15, 0.2) is 0 Å². The van der Waals surface area contributed by atoms with Crippen LogP contribution in [-0.4, -0.2) is 17.0 Å². The van der Waals surface area contributed by atoms with Crippen molar-refractivity contribution in [2.45, 2.75) is 0 Å². The summed E-state index contributed by atoms with van der Waals surface area (Å²) in [4.78, 5) is 23.3. The van der Waals surface area contributed by atoms with Crippen LogP contribution in [0.25, 0.3) is 0 Å². The monoisotopic (exact) mass is 445 g/mol. The van der Waals surface area contributed by atoms with Gasteiger partial charge in [-0.25, -0.2) is 4.79 Å². The maximum atomic E-state index is 12.2. The Kier molecular flexibility index (Phi) is 4.77. The number of anilines is 1. The third-order valence-corrected chi connectivity index (χ3v) is 3.94. The minimum atomic E-state index is -1.08. The normalized spacial score (nSPS) is 10.1. The summed E-state index contributed by atoms with van der Waals surface area (Å²) in [5, 5.41) is 11.7. The molecule has 2 N–H and O–H groups in total. The smallest absolute Gasteiger partial charge is 0.337 e. The largest absolute Gasteiger partial charge is 0.478 e. The topological polar surface area (TPSA) is 66.4 Å². The Balaban J connectivity index is 2.33. The van der Waals surface area contributed by atoms with E-state index < -0.39 is 5.97 Å². The van der Waals surface area contributed by atoms with Crippen molar-refractivity contribution in [2.24, 2.45) is 0 Å². The van der Waals surface area contributed by atoms with Crippen molar-refractivity contribution < 1.29 is 14.7 Å². The maximum Gasteiger partial charge on any atom is 0.337 e. The standard InChI is InChI=1S/C14H9BrINO3/c15-11-6-5-8(16)7-10(11)13(18)17-12-4-2-1-3-9(12)14(19)20/h1-7H,(H,17,18)(H,19,20). The second kappa shape index (κ2) is 6.36. The summed E-state index contributed by atoms with van der Waals surface area (Å²) < 4.78 is 1.57. The number of amides is 1. The summed E-state index contributed by atoms with van der Waals surface area (Å²) in [6.45, 7) is 0. The van der Waals surface area contributed by atoms with Crippen LogP contribution in [-0.2, 0) is 0 Å². The molecule has 0 spiro atoms. The second-order valence-corrected chi connectivity index (χ2v) is 6.03. The average molecular weight is 446 g/mol. The van der Waals surface area contributed by atoms with Crippen LogP contribution < -0.4 is 5.32 Å². The molecule has 2 aromatic rings. The van der Waals surface area contributed by atoms with Crippen LogP contribution in [0.4, 0.5) is 5.69 Å². The molecule has 2 aromatic carbocycles. The summed E-state index contributed by atoms with van der Waals surface area (Å²) in [7, 11) is 0. The molecule has 0 radical (unpaired) electrons. The van der Waals surface area contributed by atoms with Gasteiger partial charge in [0.1, 0.15) is 0 Å². The van der Waals surface area contributed by atoms with Crippen LogP contribution in [0, 0.1) is 3.57 Å². The molecule has 0 bridgehead atoms. The summed E-state index contributed by atoms with van der Waals surface area (Å²) >= 11 is 5.42. The number of rotatable bonds is 3. The molecule has 0 heterocycles. The lowest BCUT2D eigenvalue weighted by Crippen LogP contribution is -2.15. The number of aromatic carboxylic acids is 1. The van der Waals surface area contributed by atoms with Crippen LogP contribution in [0.15, 0.2) is 46.9 Å². The Morgan fingerprint density at radius 2 is 1.80 bits per heavy atom. The summed E-state index contributed by atoms with van der Waals surface area (Å²) in [5.74, 6) is -1.44. The number of nitrogens with one attached hydrogen (secondary N) is 1. The van der Waals surface area contributed by atoms with Crippen LogP contribution in [0.2, 0.25) is 0 Å². The summed E-state index contributed by atoms with van der Waals surface area (Å²) in [5.41, 5.74) is 0.787. The van der Waals surface area contributed by atoms with Gasteiger partial charge in [-0.1, -0.05) is 12.1 Å². The first-order valence-electron chi connectivity index (χ1n) is 5.58. The molecule has 0 aliphatic heterocycles. The Hall–Kier alpha value is -1.41.